The highest BCUT2D eigenvalue weighted by atomic mass is 79.9. The van der Waals surface area contributed by atoms with Crippen LogP contribution in [0.15, 0.2) is 59.1 Å². The quantitative estimate of drug-likeness (QED) is 0.697. The van der Waals surface area contributed by atoms with Crippen molar-refractivity contribution in [3.8, 4) is 0 Å². The summed E-state index contributed by atoms with van der Waals surface area (Å²) in [4.78, 5) is 18.0. The number of aromatic amines is 1. The number of amides is 1. The van der Waals surface area contributed by atoms with Gasteiger partial charge in [0.15, 0.2) is 0 Å². The summed E-state index contributed by atoms with van der Waals surface area (Å²) in [5.74, 6) is -0.103. The molecule has 0 aliphatic carbocycles. The topological polar surface area (TPSA) is 48.1 Å². The summed E-state index contributed by atoms with van der Waals surface area (Å²) in [6.45, 7) is 0.736. The molecule has 0 spiro atoms. The maximum absolute atomic E-state index is 12.7. The molecule has 4 nitrogen and oxygen atoms in total. The Hall–Kier alpha value is -2.11. The second kappa shape index (κ2) is 7.20. The van der Waals surface area contributed by atoms with Gasteiger partial charge in [0.05, 0.1) is 6.04 Å². The summed E-state index contributed by atoms with van der Waals surface area (Å²) in [5, 5.41) is 4.14. The van der Waals surface area contributed by atoms with Crippen LogP contribution in [0.1, 0.15) is 22.1 Å². The smallest absolute Gasteiger partial charge is 0.268 e. The molecule has 0 aliphatic heterocycles. The number of hydrogen-bond donors (Lipinski definition) is 2. The fourth-order valence-electron chi connectivity index (χ4n) is 2.76. The molecule has 1 atom stereocenters. The minimum absolute atomic E-state index is 0.0662. The Labute approximate surface area is 150 Å². The van der Waals surface area contributed by atoms with E-state index in [9.17, 15) is 4.79 Å². The highest BCUT2D eigenvalue weighted by molar-refractivity contribution is 9.10. The average Bonchev–Trinajstić information content (AvgIpc) is 3.00. The average molecular weight is 386 g/mol. The molecule has 1 aromatic heterocycles. The molecule has 24 heavy (non-hydrogen) atoms. The highest BCUT2D eigenvalue weighted by Crippen LogP contribution is 2.25. The molecule has 0 fully saturated rings. The van der Waals surface area contributed by atoms with E-state index in [1.54, 1.807) is 0 Å². The number of halogens is 1. The number of nitrogens with one attached hydrogen (secondary N) is 2. The molecule has 0 saturated carbocycles. The van der Waals surface area contributed by atoms with Crippen molar-refractivity contribution in [3.05, 3.63) is 70.3 Å². The standard InChI is InChI=1S/C19H20BrN3O/c1-23(2)12-18(13-7-4-3-5-8-13)22-19(24)17-11-14-15(20)9-6-10-16(14)21-17/h3-11,18,21H,12H2,1-2H3,(H,22,24). The maximum atomic E-state index is 12.7. The van der Waals surface area contributed by atoms with Crippen molar-refractivity contribution in [1.82, 2.24) is 15.2 Å². The molecule has 124 valence electrons. The SMILES string of the molecule is CN(C)CC(NC(=O)c1cc2c(Br)cccc2[nH]1)c1ccccc1. The fraction of sp³-hybridized carbons (Fsp3) is 0.211. The lowest BCUT2D eigenvalue weighted by atomic mass is 10.1. The van der Waals surface area contributed by atoms with Crippen molar-refractivity contribution >= 4 is 32.7 Å². The van der Waals surface area contributed by atoms with Crippen LogP contribution < -0.4 is 5.32 Å². The summed E-state index contributed by atoms with van der Waals surface area (Å²) in [5.41, 5.74) is 2.60. The third-order valence-corrected chi connectivity index (χ3v) is 4.60. The largest absolute Gasteiger partial charge is 0.350 e. The van der Waals surface area contributed by atoms with Gasteiger partial charge in [-0.3, -0.25) is 4.79 Å². The summed E-state index contributed by atoms with van der Waals surface area (Å²) in [6, 6.07) is 17.7. The minimum atomic E-state index is -0.103. The Morgan fingerprint density at radius 1 is 1.17 bits per heavy atom. The van der Waals surface area contributed by atoms with E-state index < -0.39 is 0 Å². The molecule has 0 aliphatic rings. The predicted molar refractivity (Wildman–Crippen MR) is 101 cm³/mol. The number of carbonyl (C=O) groups is 1. The van der Waals surface area contributed by atoms with Crippen LogP contribution in [0.2, 0.25) is 0 Å². The number of nitrogens with zero attached hydrogens (tertiary/aromatic N) is 1. The van der Waals surface area contributed by atoms with E-state index >= 15 is 0 Å². The Balaban J connectivity index is 1.85. The first-order valence-corrected chi connectivity index (χ1v) is 8.61. The number of fused-ring (bicyclic) bond motifs is 1. The number of benzene rings is 2. The van der Waals surface area contributed by atoms with Crippen molar-refractivity contribution in [2.24, 2.45) is 0 Å². The molecular weight excluding hydrogens is 366 g/mol. The van der Waals surface area contributed by atoms with E-state index in [0.717, 1.165) is 27.5 Å². The summed E-state index contributed by atoms with van der Waals surface area (Å²) in [7, 11) is 4.00. The van der Waals surface area contributed by atoms with Gasteiger partial charge in [0.25, 0.3) is 5.91 Å². The Bertz CT molecular complexity index is 842. The van der Waals surface area contributed by atoms with Gasteiger partial charge in [0.2, 0.25) is 0 Å². The van der Waals surface area contributed by atoms with Crippen molar-refractivity contribution < 1.29 is 4.79 Å². The van der Waals surface area contributed by atoms with Gasteiger partial charge >= 0.3 is 0 Å². The molecule has 0 saturated heterocycles. The van der Waals surface area contributed by atoms with Crippen LogP contribution in [0.5, 0.6) is 0 Å². The number of carbonyl (C=O) groups excluding carboxylic acids is 1. The van der Waals surface area contributed by atoms with Gasteiger partial charge < -0.3 is 15.2 Å². The van der Waals surface area contributed by atoms with Crippen LogP contribution in [-0.2, 0) is 0 Å². The van der Waals surface area contributed by atoms with Gasteiger partial charge in [0, 0.05) is 21.9 Å². The van der Waals surface area contributed by atoms with Gasteiger partial charge in [-0.05, 0) is 37.9 Å². The molecular formula is C19H20BrN3O. The fourth-order valence-corrected chi connectivity index (χ4v) is 3.24. The summed E-state index contributed by atoms with van der Waals surface area (Å²) >= 11 is 3.52. The van der Waals surface area contributed by atoms with E-state index in [0.29, 0.717) is 5.69 Å². The lowest BCUT2D eigenvalue weighted by molar-refractivity contribution is 0.0925. The molecule has 2 N–H and O–H groups in total. The molecule has 3 aromatic rings. The van der Waals surface area contributed by atoms with E-state index in [4.69, 9.17) is 0 Å². The number of rotatable bonds is 5. The first kappa shape index (κ1) is 16.7. The molecule has 5 heteroatoms. The second-order valence-electron chi connectivity index (χ2n) is 6.08. The lowest BCUT2D eigenvalue weighted by Gasteiger charge is -2.22. The normalized spacial score (nSPS) is 12.5. The van der Waals surface area contributed by atoms with Gasteiger partial charge in [0.1, 0.15) is 5.69 Å². The summed E-state index contributed by atoms with van der Waals surface area (Å²) in [6.07, 6.45) is 0. The van der Waals surface area contributed by atoms with Crippen molar-refractivity contribution in [3.63, 3.8) is 0 Å². The third-order valence-electron chi connectivity index (χ3n) is 3.91. The van der Waals surface area contributed by atoms with Crippen LogP contribution in [0, 0.1) is 0 Å². The number of aromatic nitrogens is 1. The van der Waals surface area contributed by atoms with Crippen molar-refractivity contribution in [1.29, 1.82) is 0 Å². The van der Waals surface area contributed by atoms with Crippen LogP contribution in [-0.4, -0.2) is 36.4 Å². The first-order chi connectivity index (χ1) is 11.5. The van der Waals surface area contributed by atoms with Gasteiger partial charge in [-0.25, -0.2) is 0 Å². The van der Waals surface area contributed by atoms with Gasteiger partial charge in [-0.2, -0.15) is 0 Å². The van der Waals surface area contributed by atoms with Gasteiger partial charge in [-0.1, -0.05) is 52.3 Å². The molecule has 1 amide bonds. The van der Waals surface area contributed by atoms with E-state index in [-0.39, 0.29) is 11.9 Å². The van der Waals surface area contributed by atoms with E-state index in [1.807, 2.05) is 68.7 Å². The predicted octanol–water partition coefficient (Wildman–Crippen LogP) is 3.96. The lowest BCUT2D eigenvalue weighted by Crippen LogP contribution is -2.35. The monoisotopic (exact) mass is 385 g/mol. The molecule has 1 unspecified atom stereocenters. The zero-order valence-corrected chi connectivity index (χ0v) is 15.3. The van der Waals surface area contributed by atoms with E-state index in [2.05, 4.69) is 31.1 Å². The first-order valence-electron chi connectivity index (χ1n) is 7.82. The number of likely N-dealkylation sites (N-methyl/N-ethyl adjacent to an activating group) is 1. The molecule has 0 radical (unpaired) electrons. The van der Waals surface area contributed by atoms with E-state index in [1.165, 1.54) is 0 Å². The maximum Gasteiger partial charge on any atom is 0.268 e. The Kier molecular flexibility index (Phi) is 5.02. The third kappa shape index (κ3) is 3.68. The summed E-state index contributed by atoms with van der Waals surface area (Å²) < 4.78 is 0.975. The molecule has 3 rings (SSSR count). The number of hydrogen-bond acceptors (Lipinski definition) is 2. The Morgan fingerprint density at radius 2 is 1.92 bits per heavy atom. The Morgan fingerprint density at radius 3 is 2.58 bits per heavy atom. The molecule has 0 bridgehead atoms. The minimum Gasteiger partial charge on any atom is -0.350 e. The van der Waals surface area contributed by atoms with Crippen molar-refractivity contribution in [2.75, 3.05) is 20.6 Å². The van der Waals surface area contributed by atoms with Crippen LogP contribution in [0.3, 0.4) is 0 Å². The highest BCUT2D eigenvalue weighted by Gasteiger charge is 2.18. The second-order valence-corrected chi connectivity index (χ2v) is 6.94. The molecule has 2 aromatic carbocycles. The van der Waals surface area contributed by atoms with Crippen LogP contribution >= 0.6 is 15.9 Å². The van der Waals surface area contributed by atoms with Crippen LogP contribution in [0.4, 0.5) is 0 Å². The zero-order chi connectivity index (χ0) is 17.1. The zero-order valence-electron chi connectivity index (χ0n) is 13.7. The van der Waals surface area contributed by atoms with Crippen LogP contribution in [0.25, 0.3) is 10.9 Å². The number of H-pyrrole nitrogens is 1. The van der Waals surface area contributed by atoms with Gasteiger partial charge in [-0.15, -0.1) is 0 Å². The molecule has 1 heterocycles. The van der Waals surface area contributed by atoms with Crippen molar-refractivity contribution in [2.45, 2.75) is 6.04 Å².